The van der Waals surface area contributed by atoms with Crippen LogP contribution in [0.5, 0.6) is 0 Å². The molecule has 0 aliphatic carbocycles. The topological polar surface area (TPSA) is 17.1 Å². The molecule has 2 aromatic rings. The summed E-state index contributed by atoms with van der Waals surface area (Å²) in [5.41, 5.74) is 1.79. The third-order valence-electron chi connectivity index (χ3n) is 3.53. The highest BCUT2D eigenvalue weighted by molar-refractivity contribution is 9.10. The maximum absolute atomic E-state index is 13.7. The fourth-order valence-corrected chi connectivity index (χ4v) is 2.39. The summed E-state index contributed by atoms with van der Waals surface area (Å²) in [5, 5.41) is 0. The van der Waals surface area contributed by atoms with Crippen molar-refractivity contribution in [1.29, 1.82) is 0 Å². The number of hydrogen-bond donors (Lipinski definition) is 0. The van der Waals surface area contributed by atoms with E-state index in [0.717, 1.165) is 6.42 Å². The largest absolute Gasteiger partial charge is 0.288 e. The summed E-state index contributed by atoms with van der Waals surface area (Å²) >= 11 is 3.26. The summed E-state index contributed by atoms with van der Waals surface area (Å²) < 4.78 is 14.4. The lowest BCUT2D eigenvalue weighted by molar-refractivity contribution is 0.103. The van der Waals surface area contributed by atoms with Gasteiger partial charge in [0.05, 0.1) is 5.56 Å². The molecule has 0 aliphatic heterocycles. The van der Waals surface area contributed by atoms with Crippen molar-refractivity contribution in [3.63, 3.8) is 0 Å². The van der Waals surface area contributed by atoms with Crippen LogP contribution in [0.25, 0.3) is 0 Å². The lowest BCUT2D eigenvalue weighted by Gasteiger charge is -2.09. The molecule has 2 aromatic carbocycles. The Morgan fingerprint density at radius 2 is 1.85 bits per heavy atom. The van der Waals surface area contributed by atoms with Crippen molar-refractivity contribution in [1.82, 2.24) is 0 Å². The Morgan fingerprint density at radius 3 is 2.45 bits per heavy atom. The van der Waals surface area contributed by atoms with Gasteiger partial charge >= 0.3 is 0 Å². The first-order chi connectivity index (χ1) is 9.52. The summed E-state index contributed by atoms with van der Waals surface area (Å²) in [5.74, 6) is -0.328. The number of hydrogen-bond acceptors (Lipinski definition) is 1. The first-order valence-corrected chi connectivity index (χ1v) is 7.42. The average molecular weight is 335 g/mol. The molecule has 0 N–H and O–H groups in total. The van der Waals surface area contributed by atoms with Gasteiger partial charge in [0.15, 0.2) is 5.78 Å². The van der Waals surface area contributed by atoms with Crippen molar-refractivity contribution in [3.8, 4) is 0 Å². The van der Waals surface area contributed by atoms with E-state index in [1.807, 2.05) is 12.1 Å². The minimum absolute atomic E-state index is 0.0932. The summed E-state index contributed by atoms with van der Waals surface area (Å²) in [7, 11) is 0. The lowest BCUT2D eigenvalue weighted by Crippen LogP contribution is -2.04. The zero-order valence-electron chi connectivity index (χ0n) is 11.5. The molecular weight excluding hydrogens is 319 g/mol. The van der Waals surface area contributed by atoms with Gasteiger partial charge in [-0.05, 0) is 36.1 Å². The molecule has 0 heterocycles. The number of carbonyl (C=O) groups is 1. The zero-order valence-corrected chi connectivity index (χ0v) is 13.1. The highest BCUT2D eigenvalue weighted by Crippen LogP contribution is 2.22. The van der Waals surface area contributed by atoms with Gasteiger partial charge in [-0.1, -0.05) is 54.0 Å². The van der Waals surface area contributed by atoms with E-state index in [-0.39, 0.29) is 11.3 Å². The number of benzene rings is 2. The van der Waals surface area contributed by atoms with Crippen LogP contribution in [0.2, 0.25) is 0 Å². The molecule has 1 unspecified atom stereocenters. The SMILES string of the molecule is CCC(C)c1ccc(C(=O)c2cc(Br)ccc2F)cc1. The number of rotatable bonds is 4. The Hall–Kier alpha value is -1.48. The van der Waals surface area contributed by atoms with Gasteiger partial charge in [0.1, 0.15) is 5.82 Å². The van der Waals surface area contributed by atoms with E-state index >= 15 is 0 Å². The first-order valence-electron chi connectivity index (χ1n) is 6.62. The predicted octanol–water partition coefficient (Wildman–Crippen LogP) is 5.33. The minimum atomic E-state index is -0.496. The van der Waals surface area contributed by atoms with Gasteiger partial charge in [-0.15, -0.1) is 0 Å². The van der Waals surface area contributed by atoms with E-state index < -0.39 is 5.82 Å². The van der Waals surface area contributed by atoms with E-state index in [2.05, 4.69) is 29.8 Å². The van der Waals surface area contributed by atoms with Crippen molar-refractivity contribution in [3.05, 3.63) is 69.4 Å². The van der Waals surface area contributed by atoms with Crippen LogP contribution >= 0.6 is 15.9 Å². The fraction of sp³-hybridized carbons (Fsp3) is 0.235. The van der Waals surface area contributed by atoms with E-state index in [1.54, 1.807) is 18.2 Å². The van der Waals surface area contributed by atoms with Gasteiger partial charge in [0.2, 0.25) is 0 Å². The molecule has 1 nitrogen and oxygen atoms in total. The fourth-order valence-electron chi connectivity index (χ4n) is 2.03. The van der Waals surface area contributed by atoms with Crippen LogP contribution in [0.15, 0.2) is 46.9 Å². The summed E-state index contributed by atoms with van der Waals surface area (Å²) in [6.07, 6.45) is 1.05. The van der Waals surface area contributed by atoms with Gasteiger partial charge < -0.3 is 0 Å². The molecular formula is C17H16BrFO. The second kappa shape index (κ2) is 6.31. The Morgan fingerprint density at radius 1 is 1.20 bits per heavy atom. The van der Waals surface area contributed by atoms with E-state index in [4.69, 9.17) is 0 Å². The highest BCUT2D eigenvalue weighted by Gasteiger charge is 2.14. The summed E-state index contributed by atoms with van der Waals surface area (Å²) in [6, 6.07) is 11.8. The molecule has 0 radical (unpaired) electrons. The van der Waals surface area contributed by atoms with Crippen molar-refractivity contribution >= 4 is 21.7 Å². The number of ketones is 1. The number of carbonyl (C=O) groups excluding carboxylic acids is 1. The van der Waals surface area contributed by atoms with E-state index in [0.29, 0.717) is 16.0 Å². The molecule has 2 rings (SSSR count). The van der Waals surface area contributed by atoms with Crippen LogP contribution < -0.4 is 0 Å². The molecule has 0 saturated heterocycles. The molecule has 0 amide bonds. The lowest BCUT2D eigenvalue weighted by atomic mass is 9.95. The summed E-state index contributed by atoms with van der Waals surface area (Å²) in [6.45, 7) is 4.27. The van der Waals surface area contributed by atoms with Crippen molar-refractivity contribution in [2.75, 3.05) is 0 Å². The molecule has 0 bridgehead atoms. The van der Waals surface area contributed by atoms with Crippen LogP contribution in [0.3, 0.4) is 0 Å². The molecule has 0 fully saturated rings. The molecule has 1 atom stereocenters. The first kappa shape index (κ1) is 14.9. The Balaban J connectivity index is 2.32. The quantitative estimate of drug-likeness (QED) is 0.690. The standard InChI is InChI=1S/C17H16BrFO/c1-3-11(2)12-4-6-13(7-5-12)17(20)15-10-14(18)8-9-16(15)19/h4-11H,3H2,1-2H3. The normalized spacial score (nSPS) is 12.2. The monoisotopic (exact) mass is 334 g/mol. The Labute approximate surface area is 127 Å². The van der Waals surface area contributed by atoms with Gasteiger partial charge in [0, 0.05) is 10.0 Å². The Bertz CT molecular complexity index is 619. The van der Waals surface area contributed by atoms with Crippen molar-refractivity contribution in [2.24, 2.45) is 0 Å². The molecule has 0 saturated carbocycles. The van der Waals surface area contributed by atoms with Crippen molar-refractivity contribution < 1.29 is 9.18 Å². The van der Waals surface area contributed by atoms with Crippen molar-refractivity contribution in [2.45, 2.75) is 26.2 Å². The predicted molar refractivity (Wildman–Crippen MR) is 82.7 cm³/mol. The zero-order chi connectivity index (χ0) is 14.7. The maximum atomic E-state index is 13.7. The average Bonchev–Trinajstić information content (AvgIpc) is 2.48. The van der Waals surface area contributed by atoms with Crippen LogP contribution in [-0.4, -0.2) is 5.78 Å². The Kier molecular flexibility index (Phi) is 4.71. The third kappa shape index (κ3) is 3.15. The van der Waals surface area contributed by atoms with Crippen LogP contribution in [-0.2, 0) is 0 Å². The van der Waals surface area contributed by atoms with Gasteiger partial charge in [0.25, 0.3) is 0 Å². The maximum Gasteiger partial charge on any atom is 0.196 e. The molecule has 3 heteroatoms. The number of halogens is 2. The van der Waals surface area contributed by atoms with Crippen LogP contribution in [0.4, 0.5) is 4.39 Å². The second-order valence-electron chi connectivity index (χ2n) is 4.88. The van der Waals surface area contributed by atoms with Crippen LogP contribution in [0, 0.1) is 5.82 Å². The smallest absolute Gasteiger partial charge is 0.196 e. The molecule has 20 heavy (non-hydrogen) atoms. The van der Waals surface area contributed by atoms with Crippen LogP contribution in [0.1, 0.15) is 47.7 Å². The molecule has 0 aromatic heterocycles. The third-order valence-corrected chi connectivity index (χ3v) is 4.02. The molecule has 0 spiro atoms. The van der Waals surface area contributed by atoms with Gasteiger partial charge in [-0.2, -0.15) is 0 Å². The summed E-state index contributed by atoms with van der Waals surface area (Å²) in [4.78, 5) is 12.3. The molecule has 104 valence electrons. The van der Waals surface area contributed by atoms with Gasteiger partial charge in [-0.3, -0.25) is 4.79 Å². The second-order valence-corrected chi connectivity index (χ2v) is 5.80. The molecule has 0 aliphatic rings. The van der Waals surface area contributed by atoms with Gasteiger partial charge in [-0.25, -0.2) is 4.39 Å². The van der Waals surface area contributed by atoms with E-state index in [1.165, 1.54) is 17.7 Å². The highest BCUT2D eigenvalue weighted by atomic mass is 79.9. The van der Waals surface area contributed by atoms with E-state index in [9.17, 15) is 9.18 Å². The minimum Gasteiger partial charge on any atom is -0.288 e.